The van der Waals surface area contributed by atoms with Gasteiger partial charge in [-0.25, -0.2) is 0 Å². The van der Waals surface area contributed by atoms with Gasteiger partial charge >= 0.3 is 0 Å². The molecular formula is C12H11NO. The van der Waals surface area contributed by atoms with Crippen molar-refractivity contribution >= 4 is 16.7 Å². The Balaban J connectivity index is 2.78. The van der Waals surface area contributed by atoms with E-state index in [-0.39, 0.29) is 5.78 Å². The Morgan fingerprint density at radius 3 is 2.86 bits per heavy atom. The molecule has 1 aromatic carbocycles. The molecule has 0 aliphatic heterocycles. The highest BCUT2D eigenvalue weighted by Crippen LogP contribution is 2.18. The van der Waals surface area contributed by atoms with Crippen LogP contribution in [-0.4, -0.2) is 10.8 Å². The molecule has 0 radical (unpaired) electrons. The summed E-state index contributed by atoms with van der Waals surface area (Å²) >= 11 is 0. The number of aromatic nitrogens is 1. The third-order valence-corrected chi connectivity index (χ3v) is 2.30. The minimum absolute atomic E-state index is 0.0962. The molecule has 0 saturated heterocycles. The van der Waals surface area contributed by atoms with Crippen molar-refractivity contribution < 1.29 is 4.79 Å². The van der Waals surface area contributed by atoms with Gasteiger partial charge in [0.05, 0.1) is 5.52 Å². The normalized spacial score (nSPS) is 10.4. The Bertz CT molecular complexity index is 503. The number of nitrogens with zero attached hydrogens (tertiary/aromatic N) is 1. The fraction of sp³-hybridized carbons (Fsp3) is 0.167. The van der Waals surface area contributed by atoms with Crippen molar-refractivity contribution in [2.45, 2.75) is 13.8 Å². The van der Waals surface area contributed by atoms with Crippen LogP contribution >= 0.6 is 0 Å². The maximum absolute atomic E-state index is 11.2. The zero-order valence-electron chi connectivity index (χ0n) is 8.24. The van der Waals surface area contributed by atoms with Crippen molar-refractivity contribution in [2.24, 2.45) is 0 Å². The van der Waals surface area contributed by atoms with Crippen LogP contribution in [0, 0.1) is 6.92 Å². The predicted octanol–water partition coefficient (Wildman–Crippen LogP) is 2.75. The number of ketones is 1. The maximum atomic E-state index is 11.2. The molecule has 1 aromatic heterocycles. The van der Waals surface area contributed by atoms with Gasteiger partial charge in [0.2, 0.25) is 0 Å². The summed E-state index contributed by atoms with van der Waals surface area (Å²) in [7, 11) is 0. The second-order valence-corrected chi connectivity index (χ2v) is 3.42. The molecule has 0 fully saturated rings. The number of carbonyl (C=O) groups excluding carboxylic acids is 1. The molecule has 0 bridgehead atoms. The van der Waals surface area contributed by atoms with E-state index < -0.39 is 0 Å². The second-order valence-electron chi connectivity index (χ2n) is 3.42. The highest BCUT2D eigenvalue weighted by atomic mass is 16.1. The SMILES string of the molecule is CC(=O)c1cc(C)c2ncccc2c1. The van der Waals surface area contributed by atoms with Crippen molar-refractivity contribution in [3.8, 4) is 0 Å². The Morgan fingerprint density at radius 2 is 2.14 bits per heavy atom. The Hall–Kier alpha value is -1.70. The summed E-state index contributed by atoms with van der Waals surface area (Å²) in [6.07, 6.45) is 1.77. The van der Waals surface area contributed by atoms with Gasteiger partial charge in [0.1, 0.15) is 0 Å². The van der Waals surface area contributed by atoms with Gasteiger partial charge in [0.25, 0.3) is 0 Å². The Kier molecular flexibility index (Phi) is 2.04. The number of Topliss-reactive ketones (excluding diaryl/α,β-unsaturated/α-hetero) is 1. The van der Waals surface area contributed by atoms with Gasteiger partial charge in [-0.2, -0.15) is 0 Å². The van der Waals surface area contributed by atoms with Crippen LogP contribution in [0.4, 0.5) is 0 Å². The molecule has 2 heteroatoms. The number of rotatable bonds is 1. The van der Waals surface area contributed by atoms with Gasteiger partial charge in [-0.3, -0.25) is 9.78 Å². The van der Waals surface area contributed by atoms with Gasteiger partial charge < -0.3 is 0 Å². The highest BCUT2D eigenvalue weighted by Gasteiger charge is 2.04. The Morgan fingerprint density at radius 1 is 1.36 bits per heavy atom. The zero-order valence-corrected chi connectivity index (χ0v) is 8.24. The number of carbonyl (C=O) groups is 1. The van der Waals surface area contributed by atoms with Gasteiger partial charge in [-0.15, -0.1) is 0 Å². The average Bonchev–Trinajstić information content (AvgIpc) is 2.17. The van der Waals surface area contributed by atoms with Crippen LogP contribution in [0.15, 0.2) is 30.5 Å². The maximum Gasteiger partial charge on any atom is 0.159 e. The lowest BCUT2D eigenvalue weighted by Crippen LogP contribution is -1.94. The van der Waals surface area contributed by atoms with Crippen LogP contribution in [0.25, 0.3) is 10.9 Å². The summed E-state index contributed by atoms with van der Waals surface area (Å²) < 4.78 is 0. The molecule has 0 unspecified atom stereocenters. The van der Waals surface area contributed by atoms with Crippen molar-refractivity contribution in [1.82, 2.24) is 4.98 Å². The van der Waals surface area contributed by atoms with Crippen LogP contribution in [0.2, 0.25) is 0 Å². The molecule has 2 rings (SSSR count). The fourth-order valence-corrected chi connectivity index (χ4v) is 1.58. The highest BCUT2D eigenvalue weighted by molar-refractivity contribution is 5.98. The summed E-state index contributed by atoms with van der Waals surface area (Å²) in [5.74, 6) is 0.0962. The van der Waals surface area contributed by atoms with Crippen LogP contribution in [-0.2, 0) is 0 Å². The summed E-state index contributed by atoms with van der Waals surface area (Å²) in [6, 6.07) is 7.63. The topological polar surface area (TPSA) is 30.0 Å². The molecule has 0 saturated carbocycles. The molecule has 2 aromatic rings. The first kappa shape index (κ1) is 8.88. The van der Waals surface area contributed by atoms with Crippen LogP contribution in [0.5, 0.6) is 0 Å². The molecule has 14 heavy (non-hydrogen) atoms. The molecular weight excluding hydrogens is 174 g/mol. The van der Waals surface area contributed by atoms with Crippen LogP contribution in [0.3, 0.4) is 0 Å². The van der Waals surface area contributed by atoms with Crippen molar-refractivity contribution in [3.63, 3.8) is 0 Å². The summed E-state index contributed by atoms with van der Waals surface area (Å²) in [5.41, 5.74) is 2.77. The van der Waals surface area contributed by atoms with E-state index in [4.69, 9.17) is 0 Å². The largest absolute Gasteiger partial charge is 0.295 e. The zero-order chi connectivity index (χ0) is 10.1. The lowest BCUT2D eigenvalue weighted by atomic mass is 10.0. The molecule has 0 atom stereocenters. The van der Waals surface area contributed by atoms with Crippen LogP contribution in [0.1, 0.15) is 22.8 Å². The monoisotopic (exact) mass is 185 g/mol. The number of aryl methyl sites for hydroxylation is 1. The predicted molar refractivity (Wildman–Crippen MR) is 56.5 cm³/mol. The van der Waals surface area contributed by atoms with Gasteiger partial charge in [0, 0.05) is 17.1 Å². The average molecular weight is 185 g/mol. The van der Waals surface area contributed by atoms with Crippen LogP contribution < -0.4 is 0 Å². The number of hydrogen-bond donors (Lipinski definition) is 0. The second kappa shape index (κ2) is 3.22. The van der Waals surface area contributed by atoms with Crippen molar-refractivity contribution in [3.05, 3.63) is 41.6 Å². The Labute approximate surface area is 82.6 Å². The molecule has 1 heterocycles. The van der Waals surface area contributed by atoms with Crippen molar-refractivity contribution in [2.75, 3.05) is 0 Å². The number of fused-ring (bicyclic) bond motifs is 1. The number of hydrogen-bond acceptors (Lipinski definition) is 2. The summed E-state index contributed by atoms with van der Waals surface area (Å²) in [6.45, 7) is 3.55. The van der Waals surface area contributed by atoms with Crippen molar-refractivity contribution in [1.29, 1.82) is 0 Å². The lowest BCUT2D eigenvalue weighted by molar-refractivity contribution is 0.101. The number of pyridine rings is 1. The van der Waals surface area contributed by atoms with E-state index in [9.17, 15) is 4.79 Å². The van der Waals surface area contributed by atoms with E-state index >= 15 is 0 Å². The van der Waals surface area contributed by atoms with E-state index in [0.717, 1.165) is 22.0 Å². The van der Waals surface area contributed by atoms with E-state index in [2.05, 4.69) is 4.98 Å². The third kappa shape index (κ3) is 1.39. The molecule has 70 valence electrons. The third-order valence-electron chi connectivity index (χ3n) is 2.30. The van der Waals surface area contributed by atoms with E-state index in [1.54, 1.807) is 13.1 Å². The van der Waals surface area contributed by atoms with E-state index in [1.165, 1.54) is 0 Å². The lowest BCUT2D eigenvalue weighted by Gasteiger charge is -2.03. The quantitative estimate of drug-likeness (QED) is 0.639. The number of benzene rings is 1. The van der Waals surface area contributed by atoms with Gasteiger partial charge in [0.15, 0.2) is 5.78 Å². The molecule has 0 amide bonds. The van der Waals surface area contributed by atoms with E-state index in [0.29, 0.717) is 0 Å². The smallest absolute Gasteiger partial charge is 0.159 e. The molecule has 0 spiro atoms. The van der Waals surface area contributed by atoms with Gasteiger partial charge in [-0.05, 0) is 37.6 Å². The summed E-state index contributed by atoms with van der Waals surface area (Å²) in [5, 5.41) is 1.03. The minimum Gasteiger partial charge on any atom is -0.295 e. The minimum atomic E-state index is 0.0962. The summed E-state index contributed by atoms with van der Waals surface area (Å²) in [4.78, 5) is 15.5. The van der Waals surface area contributed by atoms with Gasteiger partial charge in [-0.1, -0.05) is 6.07 Å². The first-order valence-corrected chi connectivity index (χ1v) is 4.55. The van der Waals surface area contributed by atoms with E-state index in [1.807, 2.05) is 31.2 Å². The molecule has 2 nitrogen and oxygen atoms in total. The first-order chi connectivity index (χ1) is 6.68. The molecule has 0 N–H and O–H groups in total. The molecule has 0 aliphatic carbocycles. The molecule has 0 aliphatic rings. The fourth-order valence-electron chi connectivity index (χ4n) is 1.58. The standard InChI is InChI=1S/C12H11NO/c1-8-6-11(9(2)14)7-10-4-3-5-13-12(8)10/h3-7H,1-2H3. The first-order valence-electron chi connectivity index (χ1n) is 4.55.